The van der Waals surface area contributed by atoms with E-state index in [0.717, 1.165) is 61.1 Å². The summed E-state index contributed by atoms with van der Waals surface area (Å²) in [5, 5.41) is 12.5. The highest BCUT2D eigenvalue weighted by Crippen LogP contribution is 2.48. The van der Waals surface area contributed by atoms with Gasteiger partial charge in [-0.05, 0) is 61.8 Å². The molecule has 1 aromatic carbocycles. The molecule has 1 N–H and O–H groups in total. The van der Waals surface area contributed by atoms with Gasteiger partial charge in [-0.1, -0.05) is 0 Å². The number of amides is 1. The maximum absolute atomic E-state index is 13.5. The number of hydrogen-bond donors (Lipinski definition) is 1. The molecular formula is C23H21F3N6OS. The van der Waals surface area contributed by atoms with Crippen LogP contribution in [0, 0.1) is 11.3 Å². The second-order valence-corrected chi connectivity index (χ2v) is 8.96. The predicted octanol–water partition coefficient (Wildman–Crippen LogP) is 3.44. The zero-order chi connectivity index (χ0) is 24.1. The number of anilines is 3. The zero-order valence-electron chi connectivity index (χ0n) is 18.1. The molecule has 0 atom stereocenters. The Hall–Kier alpha value is -3.23. The van der Waals surface area contributed by atoms with E-state index < -0.39 is 23.0 Å². The van der Waals surface area contributed by atoms with Crippen LogP contribution in [0.25, 0.3) is 0 Å². The Bertz CT molecular complexity index is 1180. The standard InChI is InChI=1S/C23H21F3N6OS/c24-23(25,26)18-12-17(14-29-19(18)13-27)31-20(33)22(6-1-7-22)32(21(31)34)16-4-2-15(3-5-16)30-10-8-28-9-11-30/h2-5,12,14,28H,1,6-11H2. The average molecular weight is 487 g/mol. The lowest BCUT2D eigenvalue weighted by Gasteiger charge is -2.43. The number of rotatable bonds is 3. The summed E-state index contributed by atoms with van der Waals surface area (Å²) in [6.45, 7) is 3.60. The minimum absolute atomic E-state index is 0.0902. The molecule has 1 amide bonds. The summed E-state index contributed by atoms with van der Waals surface area (Å²) in [7, 11) is 0. The first-order valence-electron chi connectivity index (χ1n) is 11.0. The Morgan fingerprint density at radius 1 is 1.09 bits per heavy atom. The van der Waals surface area contributed by atoms with E-state index in [1.54, 1.807) is 4.90 Å². The van der Waals surface area contributed by atoms with E-state index in [0.29, 0.717) is 12.8 Å². The number of benzene rings is 1. The number of hydrogen-bond acceptors (Lipinski definition) is 6. The lowest BCUT2D eigenvalue weighted by atomic mass is 9.75. The second-order valence-electron chi connectivity index (χ2n) is 8.60. The van der Waals surface area contributed by atoms with Crippen molar-refractivity contribution in [1.82, 2.24) is 10.3 Å². The third kappa shape index (κ3) is 3.49. The molecule has 3 aliphatic rings. The number of thiocarbonyl (C=S) groups is 1. The summed E-state index contributed by atoms with van der Waals surface area (Å²) >= 11 is 5.65. The highest BCUT2D eigenvalue weighted by molar-refractivity contribution is 7.81. The molecule has 11 heteroatoms. The first-order valence-corrected chi connectivity index (χ1v) is 11.4. The van der Waals surface area contributed by atoms with E-state index in [4.69, 9.17) is 17.5 Å². The van der Waals surface area contributed by atoms with Crippen molar-refractivity contribution in [3.63, 3.8) is 0 Å². The van der Waals surface area contributed by atoms with E-state index in [1.165, 1.54) is 6.07 Å². The van der Waals surface area contributed by atoms with E-state index in [2.05, 4.69) is 15.2 Å². The van der Waals surface area contributed by atoms with Crippen molar-refractivity contribution in [1.29, 1.82) is 5.26 Å². The predicted molar refractivity (Wildman–Crippen MR) is 125 cm³/mol. The Balaban J connectivity index is 1.51. The van der Waals surface area contributed by atoms with Crippen molar-refractivity contribution < 1.29 is 18.0 Å². The van der Waals surface area contributed by atoms with Gasteiger partial charge in [0.2, 0.25) is 0 Å². The van der Waals surface area contributed by atoms with Gasteiger partial charge >= 0.3 is 6.18 Å². The highest BCUT2D eigenvalue weighted by Gasteiger charge is 2.59. The lowest BCUT2D eigenvalue weighted by Crippen LogP contribution is -2.55. The Kier molecular flexibility index (Phi) is 5.45. The molecule has 0 bridgehead atoms. The zero-order valence-corrected chi connectivity index (χ0v) is 18.9. The fraction of sp³-hybridized carbons (Fsp3) is 0.391. The SMILES string of the molecule is N#Cc1ncc(N2C(=O)C3(CCC3)N(c3ccc(N4CCNCC4)cc3)C2=S)cc1C(F)(F)F. The lowest BCUT2D eigenvalue weighted by molar-refractivity contribution is -0.138. The molecule has 2 aliphatic heterocycles. The molecule has 2 aromatic rings. The van der Waals surface area contributed by atoms with Crippen LogP contribution in [0.4, 0.5) is 30.2 Å². The summed E-state index contributed by atoms with van der Waals surface area (Å²) in [6, 6.07) is 10.0. The number of nitrogens with zero attached hydrogens (tertiary/aromatic N) is 5. The highest BCUT2D eigenvalue weighted by atomic mass is 32.1. The number of carbonyl (C=O) groups is 1. The third-order valence-electron chi connectivity index (χ3n) is 6.73. The molecule has 3 fully saturated rings. The van der Waals surface area contributed by atoms with Gasteiger partial charge in [-0.15, -0.1) is 0 Å². The minimum Gasteiger partial charge on any atom is -0.369 e. The van der Waals surface area contributed by atoms with Crippen LogP contribution in [0.5, 0.6) is 0 Å². The fourth-order valence-corrected chi connectivity index (χ4v) is 5.29. The minimum atomic E-state index is -4.79. The first-order chi connectivity index (χ1) is 16.3. The largest absolute Gasteiger partial charge is 0.419 e. The molecular weight excluding hydrogens is 465 g/mol. The van der Waals surface area contributed by atoms with Crippen LogP contribution in [0.3, 0.4) is 0 Å². The molecule has 3 heterocycles. The quantitative estimate of drug-likeness (QED) is 0.666. The van der Waals surface area contributed by atoms with Crippen LogP contribution >= 0.6 is 12.2 Å². The number of halogens is 3. The van der Waals surface area contributed by atoms with Crippen LogP contribution < -0.4 is 20.0 Å². The molecule has 2 saturated heterocycles. The molecule has 34 heavy (non-hydrogen) atoms. The smallest absolute Gasteiger partial charge is 0.369 e. The molecule has 5 rings (SSSR count). The second kappa shape index (κ2) is 8.21. The summed E-state index contributed by atoms with van der Waals surface area (Å²) < 4.78 is 40.5. The van der Waals surface area contributed by atoms with Crippen molar-refractivity contribution in [3.8, 4) is 6.07 Å². The van der Waals surface area contributed by atoms with Crippen molar-refractivity contribution >= 4 is 40.3 Å². The number of nitriles is 1. The Morgan fingerprint density at radius 2 is 1.74 bits per heavy atom. The fourth-order valence-electron chi connectivity index (χ4n) is 4.82. The van der Waals surface area contributed by atoms with Crippen molar-refractivity contribution in [3.05, 3.63) is 47.8 Å². The number of aromatic nitrogens is 1. The summed E-state index contributed by atoms with van der Waals surface area (Å²) in [5.74, 6) is -0.366. The van der Waals surface area contributed by atoms with E-state index in [-0.39, 0.29) is 16.7 Å². The topological polar surface area (TPSA) is 75.5 Å². The summed E-state index contributed by atoms with van der Waals surface area (Å²) in [6.07, 6.45) is -1.76. The van der Waals surface area contributed by atoms with Gasteiger partial charge in [-0.25, -0.2) is 4.98 Å². The van der Waals surface area contributed by atoms with Crippen molar-refractivity contribution in [2.24, 2.45) is 0 Å². The number of alkyl halides is 3. The van der Waals surface area contributed by atoms with Gasteiger partial charge in [-0.3, -0.25) is 9.69 Å². The van der Waals surface area contributed by atoms with E-state index >= 15 is 0 Å². The maximum Gasteiger partial charge on any atom is 0.419 e. The van der Waals surface area contributed by atoms with Crippen LogP contribution in [-0.4, -0.2) is 47.7 Å². The van der Waals surface area contributed by atoms with Gasteiger partial charge in [0.05, 0.1) is 17.4 Å². The Labute approximate surface area is 199 Å². The van der Waals surface area contributed by atoms with Gasteiger partial charge in [0.1, 0.15) is 11.6 Å². The average Bonchev–Trinajstić information content (AvgIpc) is 3.05. The monoisotopic (exact) mass is 486 g/mol. The number of nitrogens with one attached hydrogen (secondary N) is 1. The molecule has 0 radical (unpaired) electrons. The normalized spacial score (nSPS) is 20.0. The molecule has 1 saturated carbocycles. The van der Waals surface area contributed by atoms with Crippen LogP contribution in [0.15, 0.2) is 36.5 Å². The number of pyridine rings is 1. The first kappa shape index (κ1) is 22.6. The summed E-state index contributed by atoms with van der Waals surface area (Å²) in [5.41, 5.74) is -1.16. The van der Waals surface area contributed by atoms with Crippen molar-refractivity contribution in [2.75, 3.05) is 40.9 Å². The molecule has 7 nitrogen and oxygen atoms in total. The van der Waals surface area contributed by atoms with Gasteiger partial charge in [0.15, 0.2) is 10.8 Å². The summed E-state index contributed by atoms with van der Waals surface area (Å²) in [4.78, 5) is 22.4. The number of carbonyl (C=O) groups excluding carboxylic acids is 1. The van der Waals surface area contributed by atoms with Crippen LogP contribution in [0.2, 0.25) is 0 Å². The van der Waals surface area contributed by atoms with Gasteiger partial charge in [0.25, 0.3) is 5.91 Å². The molecule has 1 aromatic heterocycles. The van der Waals surface area contributed by atoms with Crippen molar-refractivity contribution in [2.45, 2.75) is 31.0 Å². The molecule has 176 valence electrons. The number of piperazine rings is 1. The Morgan fingerprint density at radius 3 is 2.29 bits per heavy atom. The van der Waals surface area contributed by atoms with E-state index in [1.807, 2.05) is 24.3 Å². The van der Waals surface area contributed by atoms with Crippen LogP contribution in [-0.2, 0) is 11.0 Å². The van der Waals surface area contributed by atoms with Gasteiger partial charge < -0.3 is 15.1 Å². The third-order valence-corrected chi connectivity index (χ3v) is 7.09. The van der Waals surface area contributed by atoms with Gasteiger partial charge in [0, 0.05) is 37.6 Å². The molecule has 0 unspecified atom stereocenters. The maximum atomic E-state index is 13.5. The molecule has 1 aliphatic carbocycles. The van der Waals surface area contributed by atoms with Crippen LogP contribution in [0.1, 0.15) is 30.5 Å². The van der Waals surface area contributed by atoms with E-state index in [9.17, 15) is 18.0 Å². The van der Waals surface area contributed by atoms with Gasteiger partial charge in [-0.2, -0.15) is 18.4 Å². The molecule has 1 spiro atoms.